The van der Waals surface area contributed by atoms with Gasteiger partial charge in [0.15, 0.2) is 0 Å². The topological polar surface area (TPSA) is 98.5 Å². The number of rotatable bonds is 5. The molecule has 0 saturated heterocycles. The number of sulfonamides is 1. The van der Waals surface area contributed by atoms with E-state index in [0.717, 1.165) is 18.4 Å². The molecule has 0 aliphatic carbocycles. The minimum Gasteiger partial charge on any atom is -0.468 e. The lowest BCUT2D eigenvalue weighted by Crippen LogP contribution is -2.43. The summed E-state index contributed by atoms with van der Waals surface area (Å²) in [6, 6.07) is -1.09. The van der Waals surface area contributed by atoms with Crippen LogP contribution >= 0.6 is 34.5 Å². The molecule has 1 unspecified atom stereocenters. The predicted molar refractivity (Wildman–Crippen MR) is 74.3 cm³/mol. The minimum atomic E-state index is -3.88. The zero-order chi connectivity index (χ0) is 14.8. The highest BCUT2D eigenvalue weighted by Gasteiger charge is 2.26. The lowest BCUT2D eigenvalue weighted by atomic mass is 10.3. The molecule has 0 amide bonds. The van der Waals surface area contributed by atoms with E-state index in [0.29, 0.717) is 9.90 Å². The highest BCUT2D eigenvalue weighted by atomic mass is 35.5. The SMILES string of the molecule is COC(=O)C(N)CNS(=O)(=O)c1c(Cl)sc(Cl)c1C. The van der Waals surface area contributed by atoms with E-state index < -0.39 is 22.0 Å². The van der Waals surface area contributed by atoms with Gasteiger partial charge in [-0.1, -0.05) is 23.2 Å². The molecule has 1 aromatic heterocycles. The summed E-state index contributed by atoms with van der Waals surface area (Å²) in [6.07, 6.45) is 0. The van der Waals surface area contributed by atoms with Gasteiger partial charge in [0.05, 0.1) is 11.4 Å². The van der Waals surface area contributed by atoms with Crippen molar-refractivity contribution in [2.45, 2.75) is 17.9 Å². The first-order valence-electron chi connectivity index (χ1n) is 4.98. The van der Waals surface area contributed by atoms with Crippen molar-refractivity contribution in [3.63, 3.8) is 0 Å². The Balaban J connectivity index is 2.91. The molecule has 0 bridgehead atoms. The molecule has 0 aliphatic heterocycles. The first-order chi connectivity index (χ1) is 8.70. The Labute approximate surface area is 124 Å². The number of hydrogen-bond acceptors (Lipinski definition) is 6. The van der Waals surface area contributed by atoms with E-state index in [-0.39, 0.29) is 15.8 Å². The Hall–Kier alpha value is -0.380. The van der Waals surface area contributed by atoms with Crippen molar-refractivity contribution in [3.05, 3.63) is 14.2 Å². The molecule has 0 radical (unpaired) electrons. The fourth-order valence-electron chi connectivity index (χ4n) is 1.25. The van der Waals surface area contributed by atoms with Crippen molar-refractivity contribution in [3.8, 4) is 0 Å². The van der Waals surface area contributed by atoms with E-state index in [4.69, 9.17) is 28.9 Å². The van der Waals surface area contributed by atoms with Crippen molar-refractivity contribution < 1.29 is 17.9 Å². The van der Waals surface area contributed by atoms with Crippen molar-refractivity contribution in [1.29, 1.82) is 0 Å². The maximum Gasteiger partial charge on any atom is 0.324 e. The third-order valence-electron chi connectivity index (χ3n) is 2.26. The van der Waals surface area contributed by atoms with Crippen LogP contribution in [0.3, 0.4) is 0 Å². The van der Waals surface area contributed by atoms with Gasteiger partial charge in [0.1, 0.15) is 15.3 Å². The molecule has 0 spiro atoms. The summed E-state index contributed by atoms with van der Waals surface area (Å²) in [5.74, 6) is -0.714. The van der Waals surface area contributed by atoms with Crippen molar-refractivity contribution in [2.75, 3.05) is 13.7 Å². The van der Waals surface area contributed by atoms with Crippen molar-refractivity contribution >= 4 is 50.5 Å². The summed E-state index contributed by atoms with van der Waals surface area (Å²) < 4.78 is 31.0. The predicted octanol–water partition coefficient (Wildman–Crippen LogP) is 1.14. The summed E-state index contributed by atoms with van der Waals surface area (Å²) in [5.41, 5.74) is 5.79. The lowest BCUT2D eigenvalue weighted by Gasteiger charge is -2.11. The number of halogens is 2. The van der Waals surface area contributed by atoms with E-state index >= 15 is 0 Å². The van der Waals surface area contributed by atoms with Gasteiger partial charge in [0.25, 0.3) is 0 Å². The summed E-state index contributed by atoms with van der Waals surface area (Å²) in [5, 5.41) is 0. The molecule has 0 aromatic carbocycles. The number of esters is 1. The Kier molecular flexibility index (Phi) is 5.60. The van der Waals surface area contributed by atoms with Crippen LogP contribution in [0, 0.1) is 6.92 Å². The molecule has 0 saturated carbocycles. The average Bonchev–Trinajstić information content (AvgIpc) is 2.59. The Morgan fingerprint density at radius 3 is 2.47 bits per heavy atom. The zero-order valence-corrected chi connectivity index (χ0v) is 13.2. The molecule has 108 valence electrons. The van der Waals surface area contributed by atoms with Crippen LogP contribution in [0.5, 0.6) is 0 Å². The number of carbonyl (C=O) groups is 1. The molecular weight excluding hydrogens is 335 g/mol. The number of nitrogens with two attached hydrogens (primary N) is 1. The molecular formula is C9H12Cl2N2O4S2. The maximum atomic E-state index is 12.0. The number of thiophene rings is 1. The summed E-state index contributed by atoms with van der Waals surface area (Å²) >= 11 is 12.6. The van der Waals surface area contributed by atoms with Crippen LogP contribution in [-0.4, -0.2) is 34.1 Å². The first-order valence-corrected chi connectivity index (χ1v) is 8.03. The minimum absolute atomic E-state index is 0.0571. The van der Waals surface area contributed by atoms with Crippen LogP contribution in [0.1, 0.15) is 5.56 Å². The molecule has 3 N–H and O–H groups in total. The van der Waals surface area contributed by atoms with Crippen LogP contribution < -0.4 is 10.5 Å². The molecule has 1 aromatic rings. The van der Waals surface area contributed by atoms with Gasteiger partial charge in [-0.3, -0.25) is 4.79 Å². The van der Waals surface area contributed by atoms with Crippen molar-refractivity contribution in [2.24, 2.45) is 5.73 Å². The van der Waals surface area contributed by atoms with Crippen LogP contribution in [0.2, 0.25) is 8.67 Å². The van der Waals surface area contributed by atoms with E-state index in [1.807, 2.05) is 0 Å². The van der Waals surface area contributed by atoms with Gasteiger partial charge in [-0.25, -0.2) is 13.1 Å². The molecule has 0 aliphatic rings. The highest BCUT2D eigenvalue weighted by Crippen LogP contribution is 2.38. The summed E-state index contributed by atoms with van der Waals surface area (Å²) in [7, 11) is -2.72. The standard InChI is InChI=1S/C9H12Cl2N2O4S2/c1-4-6(8(11)18-7(4)10)19(15,16)13-3-5(12)9(14)17-2/h5,13H,3,12H2,1-2H3. The van der Waals surface area contributed by atoms with E-state index in [2.05, 4.69) is 9.46 Å². The van der Waals surface area contributed by atoms with Gasteiger partial charge < -0.3 is 10.5 Å². The number of hydrogen-bond donors (Lipinski definition) is 2. The zero-order valence-electron chi connectivity index (χ0n) is 10.1. The highest BCUT2D eigenvalue weighted by molar-refractivity contribution is 7.89. The largest absolute Gasteiger partial charge is 0.468 e. The first kappa shape index (κ1) is 16.7. The molecule has 10 heteroatoms. The van der Waals surface area contributed by atoms with Crippen LogP contribution in [0.15, 0.2) is 4.90 Å². The van der Waals surface area contributed by atoms with Crippen molar-refractivity contribution in [1.82, 2.24) is 4.72 Å². The Morgan fingerprint density at radius 2 is 2.05 bits per heavy atom. The number of methoxy groups -OCH3 is 1. The number of carbonyl (C=O) groups excluding carboxylic acids is 1. The van der Waals surface area contributed by atoms with E-state index in [9.17, 15) is 13.2 Å². The fraction of sp³-hybridized carbons (Fsp3) is 0.444. The van der Waals surface area contributed by atoms with Gasteiger partial charge in [0, 0.05) is 12.1 Å². The van der Waals surface area contributed by atoms with E-state index in [1.165, 1.54) is 0 Å². The summed E-state index contributed by atoms with van der Waals surface area (Å²) in [4.78, 5) is 11.0. The monoisotopic (exact) mass is 346 g/mol. The van der Waals surface area contributed by atoms with Crippen LogP contribution in [0.4, 0.5) is 0 Å². The Bertz CT molecular complexity index is 585. The van der Waals surface area contributed by atoms with Gasteiger partial charge in [-0.05, 0) is 6.92 Å². The number of nitrogens with one attached hydrogen (secondary N) is 1. The van der Waals surface area contributed by atoms with Crippen LogP contribution in [0.25, 0.3) is 0 Å². The molecule has 1 rings (SSSR count). The second kappa shape index (κ2) is 6.38. The third kappa shape index (κ3) is 3.80. The number of ether oxygens (including phenoxy) is 1. The molecule has 1 atom stereocenters. The van der Waals surface area contributed by atoms with Crippen LogP contribution in [-0.2, 0) is 19.6 Å². The van der Waals surface area contributed by atoms with Gasteiger partial charge in [0.2, 0.25) is 10.0 Å². The molecule has 6 nitrogen and oxygen atoms in total. The molecule has 0 fully saturated rings. The fourth-order valence-corrected chi connectivity index (χ4v) is 4.87. The maximum absolute atomic E-state index is 12.0. The lowest BCUT2D eigenvalue weighted by molar-refractivity contribution is -0.141. The average molecular weight is 347 g/mol. The third-order valence-corrected chi connectivity index (χ3v) is 5.90. The van der Waals surface area contributed by atoms with Gasteiger partial charge in [-0.15, -0.1) is 11.3 Å². The smallest absolute Gasteiger partial charge is 0.324 e. The quantitative estimate of drug-likeness (QED) is 0.779. The van der Waals surface area contributed by atoms with Gasteiger partial charge >= 0.3 is 5.97 Å². The Morgan fingerprint density at radius 1 is 1.47 bits per heavy atom. The van der Waals surface area contributed by atoms with Gasteiger partial charge in [-0.2, -0.15) is 0 Å². The second-order valence-corrected chi connectivity index (χ2v) is 7.51. The molecule has 19 heavy (non-hydrogen) atoms. The summed E-state index contributed by atoms with van der Waals surface area (Å²) in [6.45, 7) is 1.25. The normalized spacial score (nSPS) is 13.3. The molecule has 1 heterocycles. The second-order valence-electron chi connectivity index (χ2n) is 3.59. The van der Waals surface area contributed by atoms with E-state index in [1.54, 1.807) is 6.92 Å².